The predicted molar refractivity (Wildman–Crippen MR) is 74.8 cm³/mol. The van der Waals surface area contributed by atoms with Crippen molar-refractivity contribution in [3.63, 3.8) is 0 Å². The Morgan fingerprint density at radius 3 is 2.55 bits per heavy atom. The van der Waals surface area contributed by atoms with Crippen molar-refractivity contribution in [2.45, 2.75) is 31.7 Å². The lowest BCUT2D eigenvalue weighted by Gasteiger charge is -2.18. The van der Waals surface area contributed by atoms with E-state index in [1.165, 1.54) is 4.90 Å². The molecule has 0 aromatic heterocycles. The summed E-state index contributed by atoms with van der Waals surface area (Å²) in [4.78, 5) is 28.0. The van der Waals surface area contributed by atoms with Crippen LogP contribution in [0.4, 0.5) is 10.5 Å². The van der Waals surface area contributed by atoms with Gasteiger partial charge >= 0.3 is 6.03 Å². The number of anilines is 1. The minimum Gasteiger partial charge on any atom is -0.497 e. The molecule has 0 saturated carbocycles. The third kappa shape index (κ3) is 2.03. The number of hydrogen-bond acceptors (Lipinski definition) is 3. The van der Waals surface area contributed by atoms with Crippen molar-refractivity contribution in [2.75, 3.05) is 18.6 Å². The number of rotatable bonds is 2. The first-order valence-corrected chi connectivity index (χ1v) is 7.01. The van der Waals surface area contributed by atoms with Crippen molar-refractivity contribution in [2.24, 2.45) is 0 Å². The van der Waals surface area contributed by atoms with E-state index in [1.807, 2.05) is 0 Å². The van der Waals surface area contributed by atoms with Crippen LogP contribution in [0.15, 0.2) is 24.3 Å². The maximum absolute atomic E-state index is 12.5. The summed E-state index contributed by atoms with van der Waals surface area (Å²) in [6.45, 7) is 0.682. The Bertz CT molecular complexity index is 502. The molecule has 20 heavy (non-hydrogen) atoms. The summed E-state index contributed by atoms with van der Waals surface area (Å²) in [5, 5.41) is 0. The maximum atomic E-state index is 12.5. The number of carbonyl (C=O) groups is 2. The Labute approximate surface area is 118 Å². The highest BCUT2D eigenvalue weighted by atomic mass is 16.5. The number of imide groups is 1. The molecule has 1 aromatic carbocycles. The molecular formula is C15H18N2O3. The van der Waals surface area contributed by atoms with Crippen molar-refractivity contribution in [1.29, 1.82) is 0 Å². The second-order valence-corrected chi connectivity index (χ2v) is 5.21. The number of ether oxygens (including phenoxy) is 1. The molecule has 2 heterocycles. The van der Waals surface area contributed by atoms with E-state index in [0.29, 0.717) is 18.0 Å². The van der Waals surface area contributed by atoms with Gasteiger partial charge in [0, 0.05) is 6.54 Å². The van der Waals surface area contributed by atoms with Gasteiger partial charge in [-0.1, -0.05) is 12.8 Å². The van der Waals surface area contributed by atoms with Gasteiger partial charge in [-0.05, 0) is 37.1 Å². The third-order valence-corrected chi connectivity index (χ3v) is 4.03. The average Bonchev–Trinajstić information content (AvgIpc) is 2.66. The molecule has 2 fully saturated rings. The number of hydrogen-bond donors (Lipinski definition) is 0. The van der Waals surface area contributed by atoms with Gasteiger partial charge in [0.05, 0.1) is 12.8 Å². The maximum Gasteiger partial charge on any atom is 0.332 e. The summed E-state index contributed by atoms with van der Waals surface area (Å²) in [6, 6.07) is 6.57. The smallest absolute Gasteiger partial charge is 0.332 e. The molecule has 2 aliphatic heterocycles. The van der Waals surface area contributed by atoms with E-state index in [4.69, 9.17) is 4.74 Å². The topological polar surface area (TPSA) is 49.9 Å². The van der Waals surface area contributed by atoms with Gasteiger partial charge in [-0.15, -0.1) is 0 Å². The highest BCUT2D eigenvalue weighted by molar-refractivity contribution is 6.21. The predicted octanol–water partition coefficient (Wildman–Crippen LogP) is 2.41. The van der Waals surface area contributed by atoms with Crippen molar-refractivity contribution in [3.8, 4) is 5.75 Å². The largest absolute Gasteiger partial charge is 0.497 e. The average molecular weight is 274 g/mol. The lowest BCUT2D eigenvalue weighted by Crippen LogP contribution is -2.34. The summed E-state index contributed by atoms with van der Waals surface area (Å²) in [5.74, 6) is 0.615. The molecule has 1 atom stereocenters. The second-order valence-electron chi connectivity index (χ2n) is 5.21. The van der Waals surface area contributed by atoms with Crippen LogP contribution in [-0.2, 0) is 4.79 Å². The number of carbonyl (C=O) groups excluding carboxylic acids is 2. The molecule has 0 spiro atoms. The lowest BCUT2D eigenvalue weighted by molar-refractivity contribution is -0.119. The van der Waals surface area contributed by atoms with Crippen molar-refractivity contribution in [3.05, 3.63) is 24.3 Å². The van der Waals surface area contributed by atoms with Crippen molar-refractivity contribution < 1.29 is 14.3 Å². The molecule has 0 aliphatic carbocycles. The van der Waals surface area contributed by atoms with Gasteiger partial charge in [0.15, 0.2) is 0 Å². The van der Waals surface area contributed by atoms with Crippen LogP contribution in [-0.4, -0.2) is 36.5 Å². The fraction of sp³-hybridized carbons (Fsp3) is 0.467. The molecule has 1 aromatic rings. The molecule has 0 radical (unpaired) electrons. The van der Waals surface area contributed by atoms with E-state index >= 15 is 0 Å². The van der Waals surface area contributed by atoms with E-state index in [0.717, 1.165) is 25.7 Å². The first-order valence-electron chi connectivity index (χ1n) is 7.01. The van der Waals surface area contributed by atoms with Crippen molar-refractivity contribution >= 4 is 17.6 Å². The summed E-state index contributed by atoms with van der Waals surface area (Å²) >= 11 is 0. The van der Waals surface area contributed by atoms with Crippen LogP contribution in [0.1, 0.15) is 25.7 Å². The minimum atomic E-state index is -0.271. The molecule has 3 amide bonds. The Hall–Kier alpha value is -2.04. The van der Waals surface area contributed by atoms with Crippen LogP contribution in [0.25, 0.3) is 0 Å². The molecular weight excluding hydrogens is 256 g/mol. The highest BCUT2D eigenvalue weighted by Gasteiger charge is 2.45. The van der Waals surface area contributed by atoms with Crippen molar-refractivity contribution in [1.82, 2.24) is 4.90 Å². The molecule has 3 rings (SSSR count). The third-order valence-electron chi connectivity index (χ3n) is 4.03. The quantitative estimate of drug-likeness (QED) is 0.778. The Morgan fingerprint density at radius 2 is 1.85 bits per heavy atom. The summed E-state index contributed by atoms with van der Waals surface area (Å²) in [5.41, 5.74) is 0.619. The van der Waals surface area contributed by atoms with Crippen LogP contribution in [0.2, 0.25) is 0 Å². The zero-order valence-corrected chi connectivity index (χ0v) is 11.5. The van der Waals surface area contributed by atoms with Gasteiger partial charge in [-0.3, -0.25) is 4.79 Å². The summed E-state index contributed by atoms with van der Waals surface area (Å²) < 4.78 is 5.10. The zero-order valence-electron chi connectivity index (χ0n) is 11.5. The van der Waals surface area contributed by atoms with Crippen LogP contribution in [0, 0.1) is 0 Å². The molecule has 2 saturated heterocycles. The Balaban J connectivity index is 1.89. The number of benzene rings is 1. The molecule has 0 unspecified atom stereocenters. The molecule has 106 valence electrons. The van der Waals surface area contributed by atoms with E-state index < -0.39 is 0 Å². The molecule has 5 nitrogen and oxygen atoms in total. The van der Waals surface area contributed by atoms with Crippen LogP contribution >= 0.6 is 0 Å². The lowest BCUT2D eigenvalue weighted by atomic mass is 10.1. The van der Waals surface area contributed by atoms with Gasteiger partial charge in [0.1, 0.15) is 11.8 Å². The van der Waals surface area contributed by atoms with E-state index in [2.05, 4.69) is 0 Å². The molecule has 0 bridgehead atoms. The molecule has 0 N–H and O–H groups in total. The van der Waals surface area contributed by atoms with Gasteiger partial charge in [-0.25, -0.2) is 9.69 Å². The van der Waals surface area contributed by atoms with Crippen LogP contribution < -0.4 is 9.64 Å². The number of amides is 3. The second kappa shape index (κ2) is 5.15. The Morgan fingerprint density at radius 1 is 1.10 bits per heavy atom. The summed E-state index contributed by atoms with van der Waals surface area (Å²) in [7, 11) is 1.59. The number of nitrogens with zero attached hydrogens (tertiary/aromatic N) is 2. The van der Waals surface area contributed by atoms with Crippen LogP contribution in [0.5, 0.6) is 5.75 Å². The monoisotopic (exact) mass is 274 g/mol. The number of urea groups is 1. The van der Waals surface area contributed by atoms with E-state index in [1.54, 1.807) is 36.3 Å². The first kappa shape index (κ1) is 13.0. The zero-order chi connectivity index (χ0) is 14.1. The highest BCUT2D eigenvalue weighted by Crippen LogP contribution is 2.30. The number of methoxy groups -OCH3 is 1. The first-order chi connectivity index (χ1) is 9.72. The Kier molecular flexibility index (Phi) is 3.34. The van der Waals surface area contributed by atoms with Gasteiger partial charge in [-0.2, -0.15) is 0 Å². The SMILES string of the molecule is COc1ccc(N2C(=O)[C@H]3CCCCCN3C2=O)cc1. The summed E-state index contributed by atoms with van der Waals surface area (Å²) in [6.07, 6.45) is 3.86. The van der Waals surface area contributed by atoms with Crippen LogP contribution in [0.3, 0.4) is 0 Å². The molecule has 5 heteroatoms. The van der Waals surface area contributed by atoms with E-state index in [-0.39, 0.29) is 18.0 Å². The van der Waals surface area contributed by atoms with E-state index in [9.17, 15) is 9.59 Å². The van der Waals surface area contributed by atoms with Gasteiger partial charge in [0.25, 0.3) is 5.91 Å². The minimum absolute atomic E-state index is 0.0953. The molecule has 2 aliphatic rings. The number of fused-ring (bicyclic) bond motifs is 1. The van der Waals surface area contributed by atoms with Gasteiger partial charge in [0.2, 0.25) is 0 Å². The fourth-order valence-corrected chi connectivity index (χ4v) is 2.93. The normalized spacial score (nSPS) is 22.8. The fourth-order valence-electron chi connectivity index (χ4n) is 2.93. The standard InChI is InChI=1S/C15H18N2O3/c1-20-12-8-6-11(7-9-12)17-14(18)13-5-3-2-4-10-16(13)15(17)19/h6-9,13H,2-5,10H2,1H3/t13-/m1/s1. The van der Waals surface area contributed by atoms with Gasteiger partial charge < -0.3 is 9.64 Å².